The first-order valence-corrected chi connectivity index (χ1v) is 5.82. The van der Waals surface area contributed by atoms with Gasteiger partial charge in [0.25, 0.3) is 0 Å². The monoisotopic (exact) mass is 255 g/mol. The lowest BCUT2D eigenvalue weighted by Crippen LogP contribution is -2.46. The molecule has 2 rings (SSSR count). The van der Waals surface area contributed by atoms with Gasteiger partial charge < -0.3 is 15.4 Å². The molecule has 1 aliphatic heterocycles. The zero-order chi connectivity index (χ0) is 12.3. The van der Waals surface area contributed by atoms with Gasteiger partial charge in [0.1, 0.15) is 12.4 Å². The summed E-state index contributed by atoms with van der Waals surface area (Å²) in [6.45, 7) is 3.06. The van der Waals surface area contributed by atoms with Crippen molar-refractivity contribution in [1.82, 2.24) is 10.3 Å². The van der Waals surface area contributed by atoms with Gasteiger partial charge in [-0.3, -0.25) is 4.79 Å². The van der Waals surface area contributed by atoms with Crippen molar-refractivity contribution < 1.29 is 9.53 Å². The van der Waals surface area contributed by atoms with Crippen LogP contribution in [0.2, 0.25) is 5.15 Å². The number of rotatable bonds is 4. The lowest BCUT2D eigenvalue weighted by atomic mass is 10.1. The van der Waals surface area contributed by atoms with Gasteiger partial charge in [0, 0.05) is 19.0 Å². The van der Waals surface area contributed by atoms with Crippen molar-refractivity contribution in [2.24, 2.45) is 0 Å². The largest absolute Gasteiger partial charge is 0.490 e. The zero-order valence-electron chi connectivity index (χ0n) is 9.50. The van der Waals surface area contributed by atoms with Crippen molar-refractivity contribution in [2.45, 2.75) is 19.4 Å². The zero-order valence-corrected chi connectivity index (χ0v) is 10.3. The van der Waals surface area contributed by atoms with E-state index < -0.39 is 0 Å². The molecule has 1 aromatic rings. The van der Waals surface area contributed by atoms with Crippen LogP contribution in [0.4, 0.5) is 5.69 Å². The summed E-state index contributed by atoms with van der Waals surface area (Å²) in [4.78, 5) is 14.9. The van der Waals surface area contributed by atoms with E-state index in [-0.39, 0.29) is 11.1 Å². The summed E-state index contributed by atoms with van der Waals surface area (Å²) in [5, 5.41) is 6.09. The molecule has 1 amide bonds. The SMILES string of the molecule is CC(=O)Nc1cc(OC[C@@H]2CCN2)cnc1Cl. The highest BCUT2D eigenvalue weighted by molar-refractivity contribution is 6.32. The molecule has 1 fully saturated rings. The molecule has 0 unspecified atom stereocenters. The Morgan fingerprint density at radius 3 is 3.12 bits per heavy atom. The average molecular weight is 256 g/mol. The second kappa shape index (κ2) is 5.33. The van der Waals surface area contributed by atoms with Crippen molar-refractivity contribution in [3.8, 4) is 5.75 Å². The number of ether oxygens (including phenoxy) is 1. The van der Waals surface area contributed by atoms with E-state index in [0.29, 0.717) is 24.1 Å². The molecule has 6 heteroatoms. The van der Waals surface area contributed by atoms with Gasteiger partial charge in [0.05, 0.1) is 11.9 Å². The third kappa shape index (κ3) is 3.31. The van der Waals surface area contributed by atoms with Crippen LogP contribution in [0.15, 0.2) is 12.3 Å². The van der Waals surface area contributed by atoms with Crippen LogP contribution >= 0.6 is 11.6 Å². The number of amides is 1. The molecule has 0 aliphatic carbocycles. The normalized spacial score (nSPS) is 18.4. The molecule has 0 aromatic carbocycles. The van der Waals surface area contributed by atoms with E-state index in [1.54, 1.807) is 12.3 Å². The van der Waals surface area contributed by atoms with Gasteiger partial charge in [-0.15, -0.1) is 0 Å². The van der Waals surface area contributed by atoms with E-state index in [9.17, 15) is 4.79 Å². The minimum absolute atomic E-state index is 0.188. The van der Waals surface area contributed by atoms with E-state index in [0.717, 1.165) is 13.0 Å². The molecule has 92 valence electrons. The van der Waals surface area contributed by atoms with Gasteiger partial charge in [-0.2, -0.15) is 0 Å². The summed E-state index contributed by atoms with van der Waals surface area (Å²) in [6, 6.07) is 2.09. The first-order valence-electron chi connectivity index (χ1n) is 5.44. The van der Waals surface area contributed by atoms with E-state index in [1.165, 1.54) is 6.92 Å². The number of nitrogens with zero attached hydrogens (tertiary/aromatic N) is 1. The minimum Gasteiger partial charge on any atom is -0.490 e. The van der Waals surface area contributed by atoms with Gasteiger partial charge >= 0.3 is 0 Å². The van der Waals surface area contributed by atoms with Crippen LogP contribution in [0.5, 0.6) is 5.75 Å². The Labute approximate surface area is 105 Å². The number of carbonyl (C=O) groups is 1. The Hall–Kier alpha value is -1.33. The maximum Gasteiger partial charge on any atom is 0.221 e. The Morgan fingerprint density at radius 2 is 2.53 bits per heavy atom. The number of pyridine rings is 1. The Balaban J connectivity index is 1.99. The van der Waals surface area contributed by atoms with Gasteiger partial charge in [0.2, 0.25) is 5.91 Å². The standard InChI is InChI=1S/C11H14ClN3O2/c1-7(16)15-10-4-9(5-14-11(10)12)17-6-8-2-3-13-8/h4-5,8,13H,2-3,6H2,1H3,(H,15,16)/t8-/m0/s1. The van der Waals surface area contributed by atoms with Crippen LogP contribution in [0.1, 0.15) is 13.3 Å². The van der Waals surface area contributed by atoms with E-state index in [2.05, 4.69) is 15.6 Å². The molecule has 0 bridgehead atoms. The molecule has 2 heterocycles. The molecule has 0 saturated carbocycles. The van der Waals surface area contributed by atoms with Crippen molar-refractivity contribution in [2.75, 3.05) is 18.5 Å². The van der Waals surface area contributed by atoms with Crippen LogP contribution < -0.4 is 15.4 Å². The fraction of sp³-hybridized carbons (Fsp3) is 0.455. The number of anilines is 1. The highest BCUT2D eigenvalue weighted by Gasteiger charge is 2.17. The number of nitrogens with one attached hydrogen (secondary N) is 2. The van der Waals surface area contributed by atoms with Crippen molar-refractivity contribution >= 4 is 23.2 Å². The topological polar surface area (TPSA) is 63.2 Å². The molecule has 5 nitrogen and oxygen atoms in total. The molecule has 0 spiro atoms. The molecular weight excluding hydrogens is 242 g/mol. The third-order valence-corrected chi connectivity index (χ3v) is 2.80. The minimum atomic E-state index is -0.188. The molecule has 1 atom stereocenters. The number of hydrogen-bond donors (Lipinski definition) is 2. The maximum atomic E-state index is 10.9. The molecule has 0 radical (unpaired) electrons. The fourth-order valence-electron chi connectivity index (χ4n) is 1.47. The quantitative estimate of drug-likeness (QED) is 0.799. The summed E-state index contributed by atoms with van der Waals surface area (Å²) in [5.41, 5.74) is 0.471. The Morgan fingerprint density at radius 1 is 1.76 bits per heavy atom. The van der Waals surface area contributed by atoms with Gasteiger partial charge in [-0.1, -0.05) is 11.6 Å². The summed E-state index contributed by atoms with van der Waals surface area (Å²) < 4.78 is 5.55. The lowest BCUT2D eigenvalue weighted by Gasteiger charge is -2.27. The van der Waals surface area contributed by atoms with Gasteiger partial charge in [-0.05, 0) is 13.0 Å². The van der Waals surface area contributed by atoms with E-state index in [1.807, 2.05) is 0 Å². The molecular formula is C11H14ClN3O2. The summed E-state index contributed by atoms with van der Waals surface area (Å²) in [7, 11) is 0. The van der Waals surface area contributed by atoms with Gasteiger partial charge in [0.15, 0.2) is 5.15 Å². The highest BCUT2D eigenvalue weighted by atomic mass is 35.5. The van der Waals surface area contributed by atoms with Crippen LogP contribution in [-0.2, 0) is 4.79 Å². The Kier molecular flexibility index (Phi) is 3.81. The van der Waals surface area contributed by atoms with Crippen molar-refractivity contribution in [3.05, 3.63) is 17.4 Å². The highest BCUT2D eigenvalue weighted by Crippen LogP contribution is 2.24. The molecule has 17 heavy (non-hydrogen) atoms. The number of carbonyl (C=O) groups excluding carboxylic acids is 1. The fourth-order valence-corrected chi connectivity index (χ4v) is 1.62. The lowest BCUT2D eigenvalue weighted by molar-refractivity contribution is -0.114. The predicted octanol–water partition coefficient (Wildman–Crippen LogP) is 1.43. The van der Waals surface area contributed by atoms with Crippen LogP contribution in [0.25, 0.3) is 0 Å². The maximum absolute atomic E-state index is 10.9. The number of halogens is 1. The number of hydrogen-bond acceptors (Lipinski definition) is 4. The van der Waals surface area contributed by atoms with E-state index >= 15 is 0 Å². The van der Waals surface area contributed by atoms with Gasteiger partial charge in [-0.25, -0.2) is 4.98 Å². The van der Waals surface area contributed by atoms with Crippen molar-refractivity contribution in [1.29, 1.82) is 0 Å². The Bertz CT molecular complexity index is 421. The van der Waals surface area contributed by atoms with Crippen LogP contribution in [-0.4, -0.2) is 30.1 Å². The second-order valence-electron chi connectivity index (χ2n) is 3.94. The second-order valence-corrected chi connectivity index (χ2v) is 4.30. The average Bonchev–Trinajstić information content (AvgIpc) is 2.19. The predicted molar refractivity (Wildman–Crippen MR) is 65.5 cm³/mol. The number of aromatic nitrogens is 1. The molecule has 1 aromatic heterocycles. The summed E-state index contributed by atoms with van der Waals surface area (Å²) in [6.07, 6.45) is 2.67. The molecule has 1 saturated heterocycles. The summed E-state index contributed by atoms with van der Waals surface area (Å²) >= 11 is 5.85. The van der Waals surface area contributed by atoms with Crippen molar-refractivity contribution in [3.63, 3.8) is 0 Å². The first-order chi connectivity index (χ1) is 8.15. The molecule has 1 aliphatic rings. The first kappa shape index (κ1) is 12.1. The summed E-state index contributed by atoms with van der Waals surface area (Å²) in [5.74, 6) is 0.415. The molecule has 2 N–H and O–H groups in total. The van der Waals surface area contributed by atoms with Crippen LogP contribution in [0.3, 0.4) is 0 Å². The smallest absolute Gasteiger partial charge is 0.221 e. The van der Waals surface area contributed by atoms with E-state index in [4.69, 9.17) is 16.3 Å². The third-order valence-electron chi connectivity index (χ3n) is 2.50. The van der Waals surface area contributed by atoms with Crippen LogP contribution in [0, 0.1) is 0 Å².